The molecule has 1 aromatic heterocycles. The summed E-state index contributed by atoms with van der Waals surface area (Å²) in [7, 11) is 0. The largest absolute Gasteiger partial charge is 0.365 e. The van der Waals surface area contributed by atoms with Crippen LogP contribution in [0.25, 0.3) is 0 Å². The molecular weight excluding hydrogens is 190 g/mol. The predicted octanol–water partition coefficient (Wildman–Crippen LogP) is 4.00. The first-order valence-corrected chi connectivity index (χ1v) is 6.25. The maximum Gasteiger partial charge on any atom is 0.0178 e. The third-order valence-corrected chi connectivity index (χ3v) is 2.95. The van der Waals surface area contributed by atoms with Gasteiger partial charge in [-0.15, -0.1) is 0 Å². The van der Waals surface area contributed by atoms with Gasteiger partial charge in [0.2, 0.25) is 0 Å². The summed E-state index contributed by atoms with van der Waals surface area (Å²) in [6, 6.07) is 4.28. The molecule has 1 unspecified atom stereocenters. The lowest BCUT2D eigenvalue weighted by molar-refractivity contribution is 0.548. The number of thiol groups is 1. The Morgan fingerprint density at radius 2 is 2.21 bits per heavy atom. The zero-order valence-corrected chi connectivity index (χ0v) is 9.89. The van der Waals surface area contributed by atoms with E-state index in [1.54, 1.807) is 0 Å². The summed E-state index contributed by atoms with van der Waals surface area (Å²) in [5.41, 5.74) is 1.38. The molecule has 0 aromatic carbocycles. The maximum absolute atomic E-state index is 4.32. The van der Waals surface area contributed by atoms with Gasteiger partial charge in [-0.25, -0.2) is 0 Å². The van der Waals surface area contributed by atoms with Crippen molar-refractivity contribution in [2.75, 3.05) is 5.75 Å². The van der Waals surface area contributed by atoms with Crippen molar-refractivity contribution in [1.29, 1.82) is 0 Å². The van der Waals surface area contributed by atoms with Crippen LogP contribution in [0.4, 0.5) is 0 Å². The average Bonchev–Trinajstić information content (AvgIpc) is 2.70. The summed E-state index contributed by atoms with van der Waals surface area (Å²) in [5, 5.41) is 0. The Morgan fingerprint density at radius 3 is 2.79 bits per heavy atom. The molecule has 1 heterocycles. The lowest BCUT2D eigenvalue weighted by atomic mass is 9.95. The first-order valence-electron chi connectivity index (χ1n) is 5.62. The summed E-state index contributed by atoms with van der Waals surface area (Å²) < 4.78 is 0. The molecule has 0 aliphatic heterocycles. The van der Waals surface area contributed by atoms with Crippen molar-refractivity contribution in [3.63, 3.8) is 0 Å². The van der Waals surface area contributed by atoms with Crippen LogP contribution in [-0.2, 0) is 0 Å². The molecule has 0 aliphatic rings. The van der Waals surface area contributed by atoms with Crippen molar-refractivity contribution >= 4 is 12.6 Å². The predicted molar refractivity (Wildman–Crippen MR) is 66.1 cm³/mol. The van der Waals surface area contributed by atoms with E-state index in [0.29, 0.717) is 5.92 Å². The second-order valence-corrected chi connectivity index (χ2v) is 4.28. The highest BCUT2D eigenvalue weighted by Gasteiger charge is 2.10. The van der Waals surface area contributed by atoms with Crippen LogP contribution in [-0.4, -0.2) is 10.7 Å². The quantitative estimate of drug-likeness (QED) is 0.501. The van der Waals surface area contributed by atoms with Crippen LogP contribution in [0.15, 0.2) is 18.3 Å². The normalized spacial score (nSPS) is 13.0. The topological polar surface area (TPSA) is 15.8 Å². The monoisotopic (exact) mass is 211 g/mol. The van der Waals surface area contributed by atoms with E-state index in [0.717, 1.165) is 5.75 Å². The first-order chi connectivity index (χ1) is 6.88. The molecule has 1 nitrogen and oxygen atoms in total. The Hall–Kier alpha value is -0.370. The number of hydrogen-bond acceptors (Lipinski definition) is 1. The third-order valence-electron chi connectivity index (χ3n) is 2.70. The van der Waals surface area contributed by atoms with Crippen LogP contribution in [0.1, 0.15) is 50.6 Å². The Kier molecular flexibility index (Phi) is 5.85. The Morgan fingerprint density at radius 1 is 1.36 bits per heavy atom. The van der Waals surface area contributed by atoms with Crippen molar-refractivity contribution in [2.45, 2.75) is 44.9 Å². The average molecular weight is 211 g/mol. The van der Waals surface area contributed by atoms with E-state index in [-0.39, 0.29) is 0 Å². The number of aromatic amines is 1. The lowest BCUT2D eigenvalue weighted by Crippen LogP contribution is -2.00. The highest BCUT2D eigenvalue weighted by molar-refractivity contribution is 7.80. The number of rotatable bonds is 7. The molecule has 0 fully saturated rings. The Bertz CT molecular complexity index is 218. The molecule has 0 radical (unpaired) electrons. The standard InChI is InChI=1S/C12H21NS/c1-2-3-4-6-11(8-10-14)12-7-5-9-13-12/h5,7,9,11,13-14H,2-4,6,8,10H2,1H3. The molecule has 1 aromatic rings. The van der Waals surface area contributed by atoms with Gasteiger partial charge in [-0.05, 0) is 36.6 Å². The summed E-state index contributed by atoms with van der Waals surface area (Å²) in [6.45, 7) is 2.25. The van der Waals surface area contributed by atoms with Crippen molar-refractivity contribution < 1.29 is 0 Å². The SMILES string of the molecule is CCCCCC(CCS)c1ccc[nH]1. The minimum absolute atomic E-state index is 0.689. The zero-order chi connectivity index (χ0) is 10.2. The number of nitrogens with one attached hydrogen (secondary N) is 1. The van der Waals surface area contributed by atoms with Crippen molar-refractivity contribution in [3.05, 3.63) is 24.0 Å². The van der Waals surface area contributed by atoms with Crippen LogP contribution >= 0.6 is 12.6 Å². The van der Waals surface area contributed by atoms with Crippen molar-refractivity contribution in [2.24, 2.45) is 0 Å². The fourth-order valence-corrected chi connectivity index (χ4v) is 2.16. The van der Waals surface area contributed by atoms with Gasteiger partial charge in [0.25, 0.3) is 0 Å². The molecule has 2 heteroatoms. The molecule has 0 spiro atoms. The van der Waals surface area contributed by atoms with Gasteiger partial charge < -0.3 is 4.98 Å². The van der Waals surface area contributed by atoms with Gasteiger partial charge in [0.1, 0.15) is 0 Å². The molecule has 0 aliphatic carbocycles. The minimum Gasteiger partial charge on any atom is -0.365 e. The van der Waals surface area contributed by atoms with Gasteiger partial charge in [-0.1, -0.05) is 26.2 Å². The van der Waals surface area contributed by atoms with Crippen LogP contribution in [0.5, 0.6) is 0 Å². The summed E-state index contributed by atoms with van der Waals surface area (Å²) in [4.78, 5) is 3.32. The van der Waals surface area contributed by atoms with E-state index in [2.05, 4.69) is 36.7 Å². The van der Waals surface area contributed by atoms with Gasteiger partial charge in [0, 0.05) is 11.9 Å². The number of unbranched alkanes of at least 4 members (excludes halogenated alkanes) is 2. The molecule has 14 heavy (non-hydrogen) atoms. The fourth-order valence-electron chi connectivity index (χ4n) is 1.85. The summed E-state index contributed by atoms with van der Waals surface area (Å²) in [6.07, 6.45) is 8.50. The third kappa shape index (κ3) is 3.79. The van der Waals surface area contributed by atoms with Gasteiger partial charge >= 0.3 is 0 Å². The highest BCUT2D eigenvalue weighted by Crippen LogP contribution is 2.24. The van der Waals surface area contributed by atoms with Gasteiger partial charge in [-0.2, -0.15) is 12.6 Å². The number of H-pyrrole nitrogens is 1. The zero-order valence-electron chi connectivity index (χ0n) is 9.00. The second-order valence-electron chi connectivity index (χ2n) is 3.83. The smallest absolute Gasteiger partial charge is 0.0178 e. The van der Waals surface area contributed by atoms with Crippen LogP contribution < -0.4 is 0 Å². The summed E-state index contributed by atoms with van der Waals surface area (Å²) >= 11 is 4.32. The molecule has 1 N–H and O–H groups in total. The van der Waals surface area contributed by atoms with E-state index < -0.39 is 0 Å². The van der Waals surface area contributed by atoms with Crippen molar-refractivity contribution in [3.8, 4) is 0 Å². The molecular formula is C12H21NS. The van der Waals surface area contributed by atoms with E-state index in [9.17, 15) is 0 Å². The van der Waals surface area contributed by atoms with Crippen LogP contribution in [0.3, 0.4) is 0 Å². The number of hydrogen-bond donors (Lipinski definition) is 2. The second kappa shape index (κ2) is 6.99. The van der Waals surface area contributed by atoms with E-state index >= 15 is 0 Å². The molecule has 1 atom stereocenters. The van der Waals surface area contributed by atoms with E-state index in [1.165, 1.54) is 37.8 Å². The molecule has 1 rings (SSSR count). The molecule has 0 saturated heterocycles. The maximum atomic E-state index is 4.32. The van der Waals surface area contributed by atoms with Crippen LogP contribution in [0.2, 0.25) is 0 Å². The molecule has 0 bridgehead atoms. The summed E-state index contributed by atoms with van der Waals surface area (Å²) in [5.74, 6) is 1.67. The van der Waals surface area contributed by atoms with Crippen molar-refractivity contribution in [1.82, 2.24) is 4.98 Å². The Labute approximate surface area is 92.7 Å². The lowest BCUT2D eigenvalue weighted by Gasteiger charge is -2.13. The highest BCUT2D eigenvalue weighted by atomic mass is 32.1. The van der Waals surface area contributed by atoms with E-state index in [4.69, 9.17) is 0 Å². The first kappa shape index (κ1) is 11.7. The molecule has 80 valence electrons. The molecule has 0 saturated carbocycles. The van der Waals surface area contributed by atoms with Gasteiger partial charge in [-0.3, -0.25) is 0 Å². The fraction of sp³-hybridized carbons (Fsp3) is 0.667. The van der Waals surface area contributed by atoms with Gasteiger partial charge in [0.15, 0.2) is 0 Å². The Balaban J connectivity index is 2.39. The van der Waals surface area contributed by atoms with Crippen LogP contribution in [0, 0.1) is 0 Å². The van der Waals surface area contributed by atoms with Gasteiger partial charge in [0.05, 0.1) is 0 Å². The number of aromatic nitrogens is 1. The van der Waals surface area contributed by atoms with E-state index in [1.807, 2.05) is 6.20 Å². The minimum atomic E-state index is 0.689. The molecule has 0 amide bonds.